The van der Waals surface area contributed by atoms with Gasteiger partial charge in [-0.1, -0.05) is 6.92 Å². The molecular weight excluding hydrogens is 232 g/mol. The summed E-state index contributed by atoms with van der Waals surface area (Å²) in [6.07, 6.45) is 0.730. The van der Waals surface area contributed by atoms with Gasteiger partial charge in [0.2, 0.25) is 0 Å². The molecule has 0 radical (unpaired) electrons. The van der Waals surface area contributed by atoms with Gasteiger partial charge in [-0.2, -0.15) is 0 Å². The Labute approximate surface area is 106 Å². The zero-order chi connectivity index (χ0) is 13.3. The predicted octanol–water partition coefficient (Wildman–Crippen LogP) is 0.139. The fraction of sp³-hybridized carbons (Fsp3) is 0.583. The van der Waals surface area contributed by atoms with E-state index in [1.54, 1.807) is 26.2 Å². The molecule has 2 rings (SSSR count). The zero-order valence-corrected chi connectivity index (χ0v) is 10.9. The Kier molecular flexibility index (Phi) is 3.21. The number of hydrogen-bond acceptors (Lipinski definition) is 5. The van der Waals surface area contributed by atoms with Crippen LogP contribution in [-0.4, -0.2) is 58.9 Å². The molecule has 2 heterocycles. The zero-order valence-electron chi connectivity index (χ0n) is 10.9. The van der Waals surface area contributed by atoms with Crippen molar-refractivity contribution in [2.45, 2.75) is 18.9 Å². The van der Waals surface area contributed by atoms with E-state index in [1.165, 1.54) is 4.90 Å². The second kappa shape index (κ2) is 4.53. The maximum atomic E-state index is 11.6. The number of anilines is 1. The summed E-state index contributed by atoms with van der Waals surface area (Å²) in [6, 6.07) is 3.42. The van der Waals surface area contributed by atoms with Crippen molar-refractivity contribution in [2.75, 3.05) is 32.1 Å². The molecule has 1 aliphatic heterocycles. The summed E-state index contributed by atoms with van der Waals surface area (Å²) in [6.45, 7) is 3.10. The number of amides is 1. The molecule has 0 spiro atoms. The second-order valence-corrected chi connectivity index (χ2v) is 4.91. The number of aliphatic hydroxyl groups is 1. The Morgan fingerprint density at radius 1 is 1.44 bits per heavy atom. The van der Waals surface area contributed by atoms with Crippen molar-refractivity contribution in [3.63, 3.8) is 0 Å². The van der Waals surface area contributed by atoms with Crippen LogP contribution < -0.4 is 4.90 Å². The lowest BCUT2D eigenvalue weighted by molar-refractivity contribution is 0.00795. The summed E-state index contributed by atoms with van der Waals surface area (Å²) in [7, 11) is 3.35. The molecule has 1 aromatic rings. The van der Waals surface area contributed by atoms with Crippen LogP contribution >= 0.6 is 0 Å². The first-order valence-electron chi connectivity index (χ1n) is 5.98. The number of rotatable bonds is 3. The number of carbonyl (C=O) groups excluding carboxylic acids is 1. The number of nitrogens with zero attached hydrogens (tertiary/aromatic N) is 4. The summed E-state index contributed by atoms with van der Waals surface area (Å²) in [5.41, 5.74) is -0.269. The van der Waals surface area contributed by atoms with Crippen LogP contribution in [0.4, 0.5) is 5.82 Å². The van der Waals surface area contributed by atoms with Gasteiger partial charge in [0.05, 0.1) is 18.7 Å². The van der Waals surface area contributed by atoms with E-state index in [1.807, 2.05) is 11.8 Å². The van der Waals surface area contributed by atoms with Gasteiger partial charge in [-0.15, -0.1) is 10.2 Å². The van der Waals surface area contributed by atoms with Crippen LogP contribution in [-0.2, 0) is 0 Å². The van der Waals surface area contributed by atoms with Crippen molar-refractivity contribution in [1.82, 2.24) is 15.1 Å². The van der Waals surface area contributed by atoms with Gasteiger partial charge in [-0.25, -0.2) is 0 Å². The smallest absolute Gasteiger partial charge is 0.273 e. The lowest BCUT2D eigenvalue weighted by Crippen LogP contribution is -2.61. The van der Waals surface area contributed by atoms with Crippen molar-refractivity contribution in [3.05, 3.63) is 17.8 Å². The molecule has 1 aromatic heterocycles. The first kappa shape index (κ1) is 12.8. The van der Waals surface area contributed by atoms with Gasteiger partial charge in [0.1, 0.15) is 0 Å². The molecule has 0 unspecified atom stereocenters. The predicted molar refractivity (Wildman–Crippen MR) is 67.5 cm³/mol. The summed E-state index contributed by atoms with van der Waals surface area (Å²) >= 11 is 0. The van der Waals surface area contributed by atoms with E-state index in [-0.39, 0.29) is 5.91 Å². The minimum absolute atomic E-state index is 0.164. The molecule has 1 N–H and O–H groups in total. The molecule has 1 fully saturated rings. The molecule has 98 valence electrons. The van der Waals surface area contributed by atoms with Crippen LogP contribution in [0, 0.1) is 0 Å². The number of hydrogen-bond donors (Lipinski definition) is 1. The van der Waals surface area contributed by atoms with E-state index < -0.39 is 5.60 Å². The van der Waals surface area contributed by atoms with Gasteiger partial charge in [-0.05, 0) is 18.6 Å². The van der Waals surface area contributed by atoms with Gasteiger partial charge in [0.15, 0.2) is 11.5 Å². The molecule has 6 nitrogen and oxygen atoms in total. The number of aromatic nitrogens is 2. The van der Waals surface area contributed by atoms with Crippen LogP contribution in [0.5, 0.6) is 0 Å². The molecule has 6 heteroatoms. The highest BCUT2D eigenvalue weighted by Crippen LogP contribution is 2.27. The molecule has 0 saturated carbocycles. The number of carbonyl (C=O) groups is 1. The summed E-state index contributed by atoms with van der Waals surface area (Å²) < 4.78 is 0. The third kappa shape index (κ3) is 2.28. The highest BCUT2D eigenvalue weighted by atomic mass is 16.3. The molecule has 1 amide bonds. The van der Waals surface area contributed by atoms with Gasteiger partial charge in [0.25, 0.3) is 5.91 Å². The van der Waals surface area contributed by atoms with E-state index >= 15 is 0 Å². The van der Waals surface area contributed by atoms with Gasteiger partial charge in [0, 0.05) is 14.1 Å². The highest BCUT2D eigenvalue weighted by Gasteiger charge is 2.40. The van der Waals surface area contributed by atoms with Crippen LogP contribution in [0.25, 0.3) is 0 Å². The van der Waals surface area contributed by atoms with Gasteiger partial charge in [-0.3, -0.25) is 4.79 Å². The topological polar surface area (TPSA) is 69.6 Å². The molecule has 0 atom stereocenters. The van der Waals surface area contributed by atoms with Crippen molar-refractivity contribution in [1.29, 1.82) is 0 Å². The minimum atomic E-state index is -0.597. The Hall–Kier alpha value is -1.69. The maximum absolute atomic E-state index is 11.6. The van der Waals surface area contributed by atoms with E-state index in [0.717, 1.165) is 6.42 Å². The van der Waals surface area contributed by atoms with E-state index in [9.17, 15) is 9.90 Å². The monoisotopic (exact) mass is 250 g/mol. The summed E-state index contributed by atoms with van der Waals surface area (Å²) in [5, 5.41) is 17.8. The molecule has 1 saturated heterocycles. The minimum Gasteiger partial charge on any atom is -0.386 e. The van der Waals surface area contributed by atoms with Crippen molar-refractivity contribution in [3.8, 4) is 0 Å². The Bertz CT molecular complexity index is 438. The molecule has 0 bridgehead atoms. The Morgan fingerprint density at radius 2 is 2.11 bits per heavy atom. The van der Waals surface area contributed by atoms with E-state index in [2.05, 4.69) is 10.2 Å². The quantitative estimate of drug-likeness (QED) is 0.826. The fourth-order valence-corrected chi connectivity index (χ4v) is 1.89. The standard InChI is InChI=1S/C12H18N4O2/c1-4-12(18)7-16(8-12)10-6-5-9(13-14-10)11(17)15(2)3/h5-6,18H,4,7-8H2,1-3H3. The van der Waals surface area contributed by atoms with Crippen LogP contribution in [0.2, 0.25) is 0 Å². The lowest BCUT2D eigenvalue weighted by Gasteiger charge is -2.46. The molecule has 18 heavy (non-hydrogen) atoms. The van der Waals surface area contributed by atoms with Crippen LogP contribution in [0.3, 0.4) is 0 Å². The second-order valence-electron chi connectivity index (χ2n) is 4.91. The molecular formula is C12H18N4O2. The Morgan fingerprint density at radius 3 is 2.56 bits per heavy atom. The van der Waals surface area contributed by atoms with Crippen molar-refractivity contribution in [2.24, 2.45) is 0 Å². The number of β-amino-alcohol motifs (C(OH)–C–C–N with tert-alkyl or cyclic N) is 1. The first-order valence-corrected chi connectivity index (χ1v) is 5.98. The SMILES string of the molecule is CCC1(O)CN(c2ccc(C(=O)N(C)C)nn2)C1. The first-order chi connectivity index (χ1) is 8.45. The highest BCUT2D eigenvalue weighted by molar-refractivity contribution is 5.91. The van der Waals surface area contributed by atoms with E-state index in [4.69, 9.17) is 0 Å². The maximum Gasteiger partial charge on any atom is 0.273 e. The normalized spacial score (nSPS) is 17.2. The molecule has 0 aromatic carbocycles. The Balaban J connectivity index is 2.04. The molecule has 0 aliphatic carbocycles. The average Bonchev–Trinajstić information content (AvgIpc) is 2.34. The molecule has 1 aliphatic rings. The van der Waals surface area contributed by atoms with Gasteiger partial charge < -0.3 is 14.9 Å². The average molecular weight is 250 g/mol. The van der Waals surface area contributed by atoms with Crippen molar-refractivity contribution >= 4 is 11.7 Å². The fourth-order valence-electron chi connectivity index (χ4n) is 1.89. The van der Waals surface area contributed by atoms with Gasteiger partial charge >= 0.3 is 0 Å². The summed E-state index contributed by atoms with van der Waals surface area (Å²) in [5.74, 6) is 0.533. The largest absolute Gasteiger partial charge is 0.386 e. The van der Waals surface area contributed by atoms with Crippen LogP contribution in [0.15, 0.2) is 12.1 Å². The van der Waals surface area contributed by atoms with E-state index in [0.29, 0.717) is 24.6 Å². The lowest BCUT2D eigenvalue weighted by atomic mass is 9.91. The third-order valence-corrected chi connectivity index (χ3v) is 3.23. The third-order valence-electron chi connectivity index (χ3n) is 3.23. The van der Waals surface area contributed by atoms with Crippen LogP contribution in [0.1, 0.15) is 23.8 Å². The van der Waals surface area contributed by atoms with Crippen molar-refractivity contribution < 1.29 is 9.90 Å². The summed E-state index contributed by atoms with van der Waals surface area (Å²) in [4.78, 5) is 15.0.